The lowest BCUT2D eigenvalue weighted by molar-refractivity contribution is 0.106. The number of aliphatic hydroxyl groups is 1. The maximum atomic E-state index is 9.26. The molecule has 1 aliphatic rings. The Morgan fingerprint density at radius 3 is 2.00 bits per heavy atom. The summed E-state index contributed by atoms with van der Waals surface area (Å²) < 4.78 is 0. The van der Waals surface area contributed by atoms with E-state index in [0.29, 0.717) is 11.1 Å². The first-order valence-corrected chi connectivity index (χ1v) is 10.9. The number of aliphatic hydroxyl groups excluding tert-OH is 1. The molecule has 0 bridgehead atoms. The monoisotopic (exact) mass is 390 g/mol. The van der Waals surface area contributed by atoms with Gasteiger partial charge in [0, 0.05) is 13.1 Å². The molecule has 0 aliphatic carbocycles. The Hall–Kier alpha value is 0.360. The van der Waals surface area contributed by atoms with Crippen LogP contribution >= 0.6 is 15.9 Å². The molecule has 0 radical (unpaired) electrons. The van der Waals surface area contributed by atoms with E-state index in [4.69, 9.17) is 0 Å². The molecule has 1 rings (SSSR count). The van der Waals surface area contributed by atoms with Crippen LogP contribution in [0.1, 0.15) is 84.5 Å². The van der Waals surface area contributed by atoms with Crippen molar-refractivity contribution in [2.75, 3.05) is 26.2 Å². The van der Waals surface area contributed by atoms with Gasteiger partial charge in [0.25, 0.3) is 0 Å². The van der Waals surface area contributed by atoms with Crippen LogP contribution in [0.15, 0.2) is 0 Å². The van der Waals surface area contributed by atoms with Gasteiger partial charge in [0.1, 0.15) is 0 Å². The Morgan fingerprint density at radius 2 is 1.48 bits per heavy atom. The molecular weight excluding hydrogens is 352 g/mol. The molecule has 0 aromatic rings. The number of hydrogen-bond acceptors (Lipinski definition) is 3. The molecule has 1 heterocycles. The second-order valence-electron chi connectivity index (χ2n) is 6.93. The lowest BCUT2D eigenvalue weighted by Gasteiger charge is -2.30. The fourth-order valence-electron chi connectivity index (χ4n) is 3.76. The minimum Gasteiger partial charge on any atom is -0.395 e. The molecule has 0 aromatic heterocycles. The van der Waals surface area contributed by atoms with Crippen molar-refractivity contribution < 1.29 is 5.11 Å². The van der Waals surface area contributed by atoms with Crippen molar-refractivity contribution in [3.63, 3.8) is 0 Å². The third-order valence-corrected chi connectivity index (χ3v) is 5.93. The molecule has 1 aliphatic heterocycles. The zero-order chi connectivity index (χ0) is 16.9. The highest BCUT2D eigenvalue weighted by atomic mass is 79.9. The first kappa shape index (κ1) is 21.4. The smallest absolute Gasteiger partial charge is 0.0797 e. The molecular formula is C19H39BrN2O. The minimum atomic E-state index is 0.270. The molecule has 23 heavy (non-hydrogen) atoms. The van der Waals surface area contributed by atoms with Gasteiger partial charge >= 0.3 is 0 Å². The largest absolute Gasteiger partial charge is 0.395 e. The summed E-state index contributed by atoms with van der Waals surface area (Å²) >= 11 is 3.79. The van der Waals surface area contributed by atoms with Gasteiger partial charge in [0.05, 0.1) is 17.7 Å². The number of β-amino-alcohol motifs (C(OH)–C–C–N with tert-alkyl or cyclic N) is 1. The van der Waals surface area contributed by atoms with Crippen LogP contribution in [0.2, 0.25) is 0 Å². The topological polar surface area (TPSA) is 26.7 Å². The summed E-state index contributed by atoms with van der Waals surface area (Å²) in [6.07, 6.45) is 15.7. The highest BCUT2D eigenvalue weighted by Gasteiger charge is 2.35. The van der Waals surface area contributed by atoms with Crippen LogP contribution in [0.5, 0.6) is 0 Å². The third-order valence-electron chi connectivity index (χ3n) is 5.12. The van der Waals surface area contributed by atoms with E-state index in [0.717, 1.165) is 19.6 Å². The SMILES string of the molecule is CCCCCCCCCCCCC1N(CCO)CC(Br)N1CC. The van der Waals surface area contributed by atoms with E-state index in [9.17, 15) is 5.11 Å². The third kappa shape index (κ3) is 8.33. The number of likely N-dealkylation sites (N-methyl/N-ethyl adjacent to an activating group) is 1. The van der Waals surface area contributed by atoms with E-state index < -0.39 is 0 Å². The highest BCUT2D eigenvalue weighted by Crippen LogP contribution is 2.27. The number of alkyl halides is 1. The normalized spacial score (nSPS) is 23.0. The lowest BCUT2D eigenvalue weighted by atomic mass is 10.1. The van der Waals surface area contributed by atoms with Gasteiger partial charge in [-0.3, -0.25) is 9.80 Å². The quantitative estimate of drug-likeness (QED) is 0.257. The number of hydrogen-bond donors (Lipinski definition) is 1. The van der Waals surface area contributed by atoms with Gasteiger partial charge < -0.3 is 5.11 Å². The summed E-state index contributed by atoms with van der Waals surface area (Å²) in [6, 6.07) is 0. The van der Waals surface area contributed by atoms with Crippen LogP contribution in [0, 0.1) is 0 Å². The van der Waals surface area contributed by atoms with Crippen molar-refractivity contribution in [3.05, 3.63) is 0 Å². The van der Waals surface area contributed by atoms with Crippen molar-refractivity contribution in [2.24, 2.45) is 0 Å². The Labute approximate surface area is 152 Å². The second kappa shape index (κ2) is 13.6. The van der Waals surface area contributed by atoms with Gasteiger partial charge in [-0.25, -0.2) is 0 Å². The molecule has 4 heteroatoms. The van der Waals surface area contributed by atoms with Crippen LogP contribution in [-0.2, 0) is 0 Å². The van der Waals surface area contributed by atoms with E-state index in [1.54, 1.807) is 0 Å². The van der Waals surface area contributed by atoms with E-state index in [1.807, 2.05) is 0 Å². The molecule has 3 nitrogen and oxygen atoms in total. The summed E-state index contributed by atoms with van der Waals surface area (Å²) in [5.74, 6) is 0. The minimum absolute atomic E-state index is 0.270. The first-order chi connectivity index (χ1) is 11.2. The van der Waals surface area contributed by atoms with E-state index in [-0.39, 0.29) is 6.61 Å². The molecule has 1 N–H and O–H groups in total. The van der Waals surface area contributed by atoms with Gasteiger partial charge in [0.2, 0.25) is 0 Å². The maximum absolute atomic E-state index is 9.26. The summed E-state index contributed by atoms with van der Waals surface area (Å²) in [7, 11) is 0. The van der Waals surface area contributed by atoms with E-state index in [2.05, 4.69) is 39.6 Å². The van der Waals surface area contributed by atoms with Gasteiger partial charge in [-0.15, -0.1) is 0 Å². The Bertz CT molecular complexity index is 278. The average Bonchev–Trinajstić information content (AvgIpc) is 2.84. The van der Waals surface area contributed by atoms with E-state index >= 15 is 0 Å². The van der Waals surface area contributed by atoms with Gasteiger partial charge in [-0.2, -0.15) is 0 Å². The number of nitrogens with zero attached hydrogens (tertiary/aromatic N) is 2. The molecule has 138 valence electrons. The van der Waals surface area contributed by atoms with Crippen molar-refractivity contribution in [2.45, 2.75) is 95.6 Å². The van der Waals surface area contributed by atoms with Crippen molar-refractivity contribution in [1.82, 2.24) is 9.80 Å². The summed E-state index contributed by atoms with van der Waals surface area (Å²) in [6.45, 7) is 7.72. The summed E-state index contributed by atoms with van der Waals surface area (Å²) in [4.78, 5) is 5.42. The van der Waals surface area contributed by atoms with Gasteiger partial charge in [0.15, 0.2) is 0 Å². The van der Waals surface area contributed by atoms with E-state index in [1.165, 1.54) is 70.6 Å². The van der Waals surface area contributed by atoms with Crippen molar-refractivity contribution in [1.29, 1.82) is 0 Å². The Morgan fingerprint density at radius 1 is 0.913 bits per heavy atom. The standard InChI is InChI=1S/C19H39BrN2O/c1-3-5-6-7-8-9-10-11-12-13-14-19-21(15-16-23)17-18(20)22(19)4-2/h18-19,23H,3-17H2,1-2H3. The van der Waals surface area contributed by atoms with Crippen LogP contribution in [0.3, 0.4) is 0 Å². The second-order valence-corrected chi connectivity index (χ2v) is 7.99. The molecule has 1 fully saturated rings. The molecule has 2 atom stereocenters. The molecule has 0 saturated carbocycles. The predicted octanol–water partition coefficient (Wildman–Crippen LogP) is 4.97. The number of rotatable bonds is 14. The number of halogens is 1. The molecule has 0 amide bonds. The fourth-order valence-corrected chi connectivity index (χ4v) is 4.69. The zero-order valence-electron chi connectivity index (χ0n) is 15.5. The average molecular weight is 391 g/mol. The maximum Gasteiger partial charge on any atom is 0.0797 e. The van der Waals surface area contributed by atoms with Gasteiger partial charge in [-0.1, -0.05) is 94.0 Å². The fraction of sp³-hybridized carbons (Fsp3) is 1.00. The van der Waals surface area contributed by atoms with Crippen molar-refractivity contribution >= 4 is 15.9 Å². The Kier molecular flexibility index (Phi) is 12.7. The number of unbranched alkanes of at least 4 members (excludes halogenated alkanes) is 9. The van der Waals surface area contributed by atoms with Crippen LogP contribution < -0.4 is 0 Å². The lowest BCUT2D eigenvalue weighted by Crippen LogP contribution is -2.40. The summed E-state index contributed by atoms with van der Waals surface area (Å²) in [5, 5.41) is 9.26. The summed E-state index contributed by atoms with van der Waals surface area (Å²) in [5.41, 5.74) is 0. The van der Waals surface area contributed by atoms with Crippen molar-refractivity contribution in [3.8, 4) is 0 Å². The Balaban J connectivity index is 2.08. The predicted molar refractivity (Wildman–Crippen MR) is 104 cm³/mol. The molecule has 0 aromatic carbocycles. The zero-order valence-corrected chi connectivity index (χ0v) is 17.1. The van der Waals surface area contributed by atoms with Crippen LogP contribution in [-0.4, -0.2) is 52.3 Å². The van der Waals surface area contributed by atoms with Gasteiger partial charge in [-0.05, 0) is 13.0 Å². The molecule has 1 saturated heterocycles. The highest BCUT2D eigenvalue weighted by molar-refractivity contribution is 9.09. The molecule has 0 spiro atoms. The van der Waals surface area contributed by atoms with Crippen LogP contribution in [0.25, 0.3) is 0 Å². The molecule has 2 unspecified atom stereocenters. The first-order valence-electron chi connectivity index (χ1n) is 9.99. The van der Waals surface area contributed by atoms with Crippen LogP contribution in [0.4, 0.5) is 0 Å².